The van der Waals surface area contributed by atoms with E-state index in [1.54, 1.807) is 0 Å². The molecule has 0 spiro atoms. The number of halogens is 2. The van der Waals surface area contributed by atoms with Crippen LogP contribution < -0.4 is 0 Å². The molecule has 1 saturated heterocycles. The second kappa shape index (κ2) is 5.34. The SMILES string of the molecule is CC(C)(C)C1CC(=O)N(C(=O)c2cc(Cl)nc(Cl)c2)C1. The van der Waals surface area contributed by atoms with Crippen LogP contribution >= 0.6 is 23.2 Å². The monoisotopic (exact) mass is 314 g/mol. The molecule has 2 heterocycles. The van der Waals surface area contributed by atoms with E-state index in [2.05, 4.69) is 25.8 Å². The predicted molar refractivity (Wildman–Crippen MR) is 77.9 cm³/mol. The van der Waals surface area contributed by atoms with Crippen LogP contribution in [-0.2, 0) is 4.79 Å². The van der Waals surface area contributed by atoms with E-state index >= 15 is 0 Å². The Morgan fingerprint density at radius 3 is 2.30 bits per heavy atom. The molecule has 2 amide bonds. The second-order valence-corrected chi connectivity index (χ2v) is 6.85. The lowest BCUT2D eigenvalue weighted by molar-refractivity contribution is -0.125. The van der Waals surface area contributed by atoms with Gasteiger partial charge in [0.05, 0.1) is 0 Å². The zero-order valence-corrected chi connectivity index (χ0v) is 13.1. The van der Waals surface area contributed by atoms with Crippen molar-refractivity contribution in [2.24, 2.45) is 11.3 Å². The Hall–Kier alpha value is -1.13. The van der Waals surface area contributed by atoms with Gasteiger partial charge in [0.25, 0.3) is 5.91 Å². The number of carbonyl (C=O) groups excluding carboxylic acids is 2. The zero-order valence-electron chi connectivity index (χ0n) is 11.6. The Kier molecular flexibility index (Phi) is 4.07. The van der Waals surface area contributed by atoms with Crippen LogP contribution in [0.2, 0.25) is 10.3 Å². The molecular weight excluding hydrogens is 299 g/mol. The first-order valence-corrected chi connectivity index (χ1v) is 7.12. The molecule has 1 aromatic rings. The third-order valence-corrected chi connectivity index (χ3v) is 3.99. The van der Waals surface area contributed by atoms with Crippen molar-refractivity contribution < 1.29 is 9.59 Å². The van der Waals surface area contributed by atoms with E-state index in [-0.39, 0.29) is 39.0 Å². The highest BCUT2D eigenvalue weighted by Crippen LogP contribution is 2.35. The van der Waals surface area contributed by atoms with Crippen LogP contribution in [0.1, 0.15) is 37.6 Å². The summed E-state index contributed by atoms with van der Waals surface area (Å²) in [6.45, 7) is 6.63. The summed E-state index contributed by atoms with van der Waals surface area (Å²) in [6.07, 6.45) is 0.391. The largest absolute Gasteiger partial charge is 0.278 e. The number of carbonyl (C=O) groups is 2. The molecule has 1 fully saturated rings. The van der Waals surface area contributed by atoms with Crippen LogP contribution in [-0.4, -0.2) is 28.2 Å². The minimum atomic E-state index is -0.368. The molecule has 1 atom stereocenters. The highest BCUT2D eigenvalue weighted by Gasteiger charge is 2.39. The molecule has 0 radical (unpaired) electrons. The van der Waals surface area contributed by atoms with Crippen molar-refractivity contribution in [2.45, 2.75) is 27.2 Å². The maximum Gasteiger partial charge on any atom is 0.260 e. The van der Waals surface area contributed by atoms with Crippen LogP contribution in [0.5, 0.6) is 0 Å². The first-order chi connectivity index (χ1) is 9.18. The minimum Gasteiger partial charge on any atom is -0.278 e. The molecule has 1 aliphatic heterocycles. The zero-order chi connectivity index (χ0) is 15.1. The number of hydrogen-bond acceptors (Lipinski definition) is 3. The first-order valence-electron chi connectivity index (χ1n) is 6.36. The van der Waals surface area contributed by atoms with Gasteiger partial charge in [-0.15, -0.1) is 0 Å². The third-order valence-electron chi connectivity index (χ3n) is 3.60. The molecule has 1 aliphatic rings. The molecule has 4 nitrogen and oxygen atoms in total. The normalized spacial score (nSPS) is 19.6. The number of rotatable bonds is 1. The van der Waals surface area contributed by atoms with Gasteiger partial charge < -0.3 is 0 Å². The molecule has 0 bridgehead atoms. The number of hydrogen-bond donors (Lipinski definition) is 0. The van der Waals surface area contributed by atoms with Gasteiger partial charge in [0.15, 0.2) is 0 Å². The highest BCUT2D eigenvalue weighted by atomic mass is 35.5. The van der Waals surface area contributed by atoms with Crippen molar-refractivity contribution in [2.75, 3.05) is 6.54 Å². The average Bonchev–Trinajstić information content (AvgIpc) is 2.69. The topological polar surface area (TPSA) is 50.3 Å². The average molecular weight is 315 g/mol. The Labute approximate surface area is 128 Å². The van der Waals surface area contributed by atoms with E-state index in [0.717, 1.165) is 0 Å². The van der Waals surface area contributed by atoms with Gasteiger partial charge >= 0.3 is 0 Å². The van der Waals surface area contributed by atoms with Gasteiger partial charge in [-0.2, -0.15) is 0 Å². The minimum absolute atomic E-state index is 0.0157. The number of nitrogens with zero attached hydrogens (tertiary/aromatic N) is 2. The summed E-state index contributed by atoms with van der Waals surface area (Å²) in [5.74, 6) is -0.362. The molecule has 0 aromatic carbocycles. The fourth-order valence-electron chi connectivity index (χ4n) is 2.23. The number of aromatic nitrogens is 1. The summed E-state index contributed by atoms with van der Waals surface area (Å²) in [5, 5.41) is 0.278. The van der Waals surface area contributed by atoms with Gasteiger partial charge in [0.2, 0.25) is 5.91 Å². The lowest BCUT2D eigenvalue weighted by atomic mass is 9.80. The van der Waals surface area contributed by atoms with Crippen molar-refractivity contribution in [1.29, 1.82) is 0 Å². The molecule has 0 saturated carbocycles. The smallest absolute Gasteiger partial charge is 0.260 e. The van der Waals surface area contributed by atoms with Gasteiger partial charge in [0.1, 0.15) is 10.3 Å². The second-order valence-electron chi connectivity index (χ2n) is 6.08. The molecule has 2 rings (SSSR count). The maximum absolute atomic E-state index is 12.4. The van der Waals surface area contributed by atoms with Crippen LogP contribution in [0.15, 0.2) is 12.1 Å². The van der Waals surface area contributed by atoms with Crippen molar-refractivity contribution >= 4 is 35.0 Å². The van der Waals surface area contributed by atoms with Gasteiger partial charge in [-0.05, 0) is 23.5 Å². The Balaban J connectivity index is 2.24. The quantitative estimate of drug-likeness (QED) is 0.589. The van der Waals surface area contributed by atoms with Gasteiger partial charge in [-0.3, -0.25) is 14.5 Å². The fraction of sp³-hybridized carbons (Fsp3) is 0.500. The number of likely N-dealkylation sites (tertiary alicyclic amines) is 1. The number of pyridine rings is 1. The van der Waals surface area contributed by atoms with Crippen LogP contribution in [0.3, 0.4) is 0 Å². The Morgan fingerprint density at radius 1 is 1.30 bits per heavy atom. The van der Waals surface area contributed by atoms with Crippen molar-refractivity contribution in [3.8, 4) is 0 Å². The molecule has 1 aromatic heterocycles. The lowest BCUT2D eigenvalue weighted by Gasteiger charge is -2.26. The molecule has 6 heteroatoms. The molecule has 108 valence electrons. The van der Waals surface area contributed by atoms with Crippen LogP contribution in [0, 0.1) is 11.3 Å². The van der Waals surface area contributed by atoms with E-state index in [1.807, 2.05) is 0 Å². The van der Waals surface area contributed by atoms with Crippen LogP contribution in [0.25, 0.3) is 0 Å². The van der Waals surface area contributed by atoms with Crippen molar-refractivity contribution in [1.82, 2.24) is 9.88 Å². The summed E-state index contributed by atoms with van der Waals surface area (Å²) >= 11 is 11.6. The Bertz CT molecular complexity index is 547. The van der Waals surface area contributed by atoms with E-state index < -0.39 is 0 Å². The molecule has 0 aliphatic carbocycles. The summed E-state index contributed by atoms with van der Waals surface area (Å²) in [6, 6.07) is 2.85. The first kappa shape index (κ1) is 15.3. The maximum atomic E-state index is 12.4. The summed E-state index contributed by atoms with van der Waals surface area (Å²) in [7, 11) is 0. The van der Waals surface area contributed by atoms with Gasteiger partial charge in [0, 0.05) is 18.5 Å². The van der Waals surface area contributed by atoms with Crippen LogP contribution in [0.4, 0.5) is 0 Å². The predicted octanol–water partition coefficient (Wildman–Crippen LogP) is 3.42. The third kappa shape index (κ3) is 3.13. The molecule has 0 N–H and O–H groups in total. The Morgan fingerprint density at radius 2 is 1.85 bits per heavy atom. The van der Waals surface area contributed by atoms with E-state index in [0.29, 0.717) is 13.0 Å². The standard InChI is InChI=1S/C14H16Cl2N2O2/c1-14(2,3)9-6-12(19)18(7-9)13(20)8-4-10(15)17-11(16)5-8/h4-5,9H,6-7H2,1-3H3. The fourth-order valence-corrected chi connectivity index (χ4v) is 2.69. The van der Waals surface area contributed by atoms with E-state index in [1.165, 1.54) is 17.0 Å². The van der Waals surface area contributed by atoms with E-state index in [4.69, 9.17) is 23.2 Å². The summed E-state index contributed by atoms with van der Waals surface area (Å²) < 4.78 is 0. The van der Waals surface area contributed by atoms with E-state index in [9.17, 15) is 9.59 Å². The number of imide groups is 1. The summed E-state index contributed by atoms with van der Waals surface area (Å²) in [4.78, 5) is 29.5. The molecule has 1 unspecified atom stereocenters. The van der Waals surface area contributed by atoms with Gasteiger partial charge in [-0.25, -0.2) is 4.98 Å². The lowest BCUT2D eigenvalue weighted by Crippen LogP contribution is -2.33. The molecular formula is C14H16Cl2N2O2. The summed E-state index contributed by atoms with van der Waals surface area (Å²) in [5.41, 5.74) is 0.274. The molecule has 20 heavy (non-hydrogen) atoms. The van der Waals surface area contributed by atoms with Crippen molar-refractivity contribution in [3.63, 3.8) is 0 Å². The highest BCUT2D eigenvalue weighted by molar-refractivity contribution is 6.33. The van der Waals surface area contributed by atoms with Gasteiger partial charge in [-0.1, -0.05) is 44.0 Å². The number of amides is 2. The van der Waals surface area contributed by atoms with Crippen molar-refractivity contribution in [3.05, 3.63) is 28.0 Å².